The number of carboxylic acids is 1. The van der Waals surface area contributed by atoms with E-state index in [4.69, 9.17) is 16.6 Å². The summed E-state index contributed by atoms with van der Waals surface area (Å²) in [7, 11) is 0. The summed E-state index contributed by atoms with van der Waals surface area (Å²) in [5.74, 6) is -0.933. The Hall–Kier alpha value is -0.0300. The smallest absolute Gasteiger partial charge is 0.320 e. The van der Waals surface area contributed by atoms with Gasteiger partial charge in [-0.3, -0.25) is 4.79 Å². The van der Waals surface area contributed by atoms with Crippen molar-refractivity contribution in [2.75, 3.05) is 6.54 Å². The van der Waals surface area contributed by atoms with Crippen LogP contribution in [0.5, 0.6) is 0 Å². The normalized spacial score (nSPS) is 10.8. The topological polar surface area (TPSA) is 89.3 Å². The van der Waals surface area contributed by atoms with Gasteiger partial charge in [-0.05, 0) is 19.4 Å². The minimum atomic E-state index is -0.933. The van der Waals surface area contributed by atoms with Crippen molar-refractivity contribution in [3.8, 4) is 0 Å². The molecular weight excluding hydrogens is 204 g/mol. The largest absolute Gasteiger partial charge is 0.480 e. The third kappa shape index (κ3) is 9.97. The molecule has 76 valence electrons. The number of halogens is 2. The lowest BCUT2D eigenvalue weighted by molar-refractivity contribution is -0.138. The highest BCUT2D eigenvalue weighted by Crippen LogP contribution is 1.96. The summed E-state index contributed by atoms with van der Waals surface area (Å²) >= 11 is 0. The molecule has 0 heterocycles. The standard InChI is InChI=1S/C6H14N2O2.2ClH/c7-4-2-1-3-5(8)6(9)10;;/h5H,1-4,7-8H2,(H,9,10);2*1H/i4+1;;. The van der Waals surface area contributed by atoms with Crippen LogP contribution in [0.3, 0.4) is 0 Å². The van der Waals surface area contributed by atoms with Crippen LogP contribution in [-0.4, -0.2) is 23.7 Å². The number of aliphatic carboxylic acids is 1. The van der Waals surface area contributed by atoms with Gasteiger partial charge in [-0.15, -0.1) is 24.8 Å². The van der Waals surface area contributed by atoms with E-state index in [-0.39, 0.29) is 24.8 Å². The Bertz CT molecular complexity index is 114. The highest BCUT2D eigenvalue weighted by atomic mass is 35.5. The molecule has 0 aromatic carbocycles. The molecule has 12 heavy (non-hydrogen) atoms. The molecule has 0 aromatic rings. The maximum atomic E-state index is 10.1. The lowest BCUT2D eigenvalue weighted by Gasteiger charge is -2.03. The summed E-state index contributed by atoms with van der Waals surface area (Å²) in [5.41, 5.74) is 10.4. The van der Waals surface area contributed by atoms with Crippen LogP contribution >= 0.6 is 24.8 Å². The maximum Gasteiger partial charge on any atom is 0.320 e. The van der Waals surface area contributed by atoms with E-state index in [1.807, 2.05) is 0 Å². The Morgan fingerprint density at radius 2 is 1.83 bits per heavy atom. The fourth-order valence-electron chi connectivity index (χ4n) is 0.632. The van der Waals surface area contributed by atoms with E-state index in [0.717, 1.165) is 12.8 Å². The van der Waals surface area contributed by atoms with Crippen LogP contribution in [0.2, 0.25) is 0 Å². The van der Waals surface area contributed by atoms with Crippen molar-refractivity contribution < 1.29 is 9.90 Å². The summed E-state index contributed by atoms with van der Waals surface area (Å²) in [5, 5.41) is 8.33. The first-order valence-corrected chi connectivity index (χ1v) is 3.37. The van der Waals surface area contributed by atoms with E-state index in [1.54, 1.807) is 0 Å². The molecule has 0 saturated heterocycles. The maximum absolute atomic E-state index is 10.1. The lowest BCUT2D eigenvalue weighted by atomic mass is 10.1. The van der Waals surface area contributed by atoms with Crippen LogP contribution in [0.25, 0.3) is 0 Å². The monoisotopic (exact) mass is 219 g/mol. The third-order valence-electron chi connectivity index (χ3n) is 1.29. The lowest BCUT2D eigenvalue weighted by Crippen LogP contribution is -2.29. The van der Waals surface area contributed by atoms with Crippen LogP contribution in [-0.2, 0) is 4.79 Å². The van der Waals surface area contributed by atoms with Gasteiger partial charge in [0.05, 0.1) is 0 Å². The molecule has 4 nitrogen and oxygen atoms in total. The van der Waals surface area contributed by atoms with Gasteiger partial charge in [-0.25, -0.2) is 0 Å². The molecule has 0 aliphatic carbocycles. The Labute approximate surface area is 84.5 Å². The van der Waals surface area contributed by atoms with Gasteiger partial charge in [-0.1, -0.05) is 6.42 Å². The molecule has 0 bridgehead atoms. The molecule has 0 aliphatic heterocycles. The summed E-state index contributed by atoms with van der Waals surface area (Å²) in [4.78, 5) is 10.1. The van der Waals surface area contributed by atoms with Crippen LogP contribution in [0.1, 0.15) is 19.3 Å². The predicted molar refractivity (Wildman–Crippen MR) is 53.0 cm³/mol. The quantitative estimate of drug-likeness (QED) is 0.461. The van der Waals surface area contributed by atoms with Crippen molar-refractivity contribution in [2.24, 2.45) is 11.5 Å². The van der Waals surface area contributed by atoms with Crippen molar-refractivity contribution in [3.05, 3.63) is 0 Å². The first kappa shape index (κ1) is 17.9. The second-order valence-electron chi connectivity index (χ2n) is 2.23. The van der Waals surface area contributed by atoms with Gasteiger partial charge in [-0.2, -0.15) is 0 Å². The fourth-order valence-corrected chi connectivity index (χ4v) is 0.632. The van der Waals surface area contributed by atoms with Crippen molar-refractivity contribution in [1.82, 2.24) is 0 Å². The second-order valence-corrected chi connectivity index (χ2v) is 2.23. The number of nitrogens with two attached hydrogens (primary N) is 2. The molecule has 0 fully saturated rings. The summed E-state index contributed by atoms with van der Waals surface area (Å²) < 4.78 is 0. The first-order valence-electron chi connectivity index (χ1n) is 3.37. The fraction of sp³-hybridized carbons (Fsp3) is 0.833. The van der Waals surface area contributed by atoms with Gasteiger partial charge in [0, 0.05) is 0 Å². The highest BCUT2D eigenvalue weighted by Gasteiger charge is 2.09. The van der Waals surface area contributed by atoms with Gasteiger partial charge in [0.1, 0.15) is 6.04 Å². The number of carboxylic acid groups (broad SMARTS) is 1. The van der Waals surface area contributed by atoms with E-state index in [2.05, 4.69) is 0 Å². The second kappa shape index (κ2) is 11.0. The van der Waals surface area contributed by atoms with Crippen molar-refractivity contribution in [2.45, 2.75) is 25.3 Å². The van der Waals surface area contributed by atoms with E-state index in [0.29, 0.717) is 13.0 Å². The summed E-state index contributed by atoms with van der Waals surface area (Å²) in [6.07, 6.45) is 2.16. The van der Waals surface area contributed by atoms with Crippen molar-refractivity contribution in [3.63, 3.8) is 0 Å². The molecule has 1 atom stereocenters. The summed E-state index contributed by atoms with van der Waals surface area (Å²) in [6.45, 7) is 0.604. The minimum Gasteiger partial charge on any atom is -0.480 e. The molecule has 0 aromatic heterocycles. The Balaban J connectivity index is -0.000000405. The van der Waals surface area contributed by atoms with Crippen LogP contribution in [0.4, 0.5) is 0 Å². The summed E-state index contributed by atoms with van der Waals surface area (Å²) in [6, 6.07) is -0.716. The zero-order chi connectivity index (χ0) is 7.98. The molecule has 6 heteroatoms. The van der Waals surface area contributed by atoms with Gasteiger partial charge < -0.3 is 16.6 Å². The van der Waals surface area contributed by atoms with Gasteiger partial charge in [0.2, 0.25) is 0 Å². The third-order valence-corrected chi connectivity index (χ3v) is 1.29. The van der Waals surface area contributed by atoms with Crippen LogP contribution < -0.4 is 11.5 Å². The predicted octanol–water partition coefficient (Wildman–Crippen LogP) is 0.371. The van der Waals surface area contributed by atoms with E-state index < -0.39 is 12.0 Å². The zero-order valence-corrected chi connectivity index (χ0v) is 8.37. The molecule has 5 N–H and O–H groups in total. The molecule has 0 aliphatic rings. The van der Waals surface area contributed by atoms with Gasteiger partial charge in [0.25, 0.3) is 0 Å². The number of hydrogen-bond donors (Lipinski definition) is 3. The Morgan fingerprint density at radius 1 is 1.33 bits per heavy atom. The van der Waals surface area contributed by atoms with Gasteiger partial charge in [0.15, 0.2) is 0 Å². The number of rotatable bonds is 5. The Morgan fingerprint density at radius 3 is 2.17 bits per heavy atom. The molecule has 0 amide bonds. The SMILES string of the molecule is Cl.Cl.N[13CH2]CCCC(N)C(=O)O. The first-order chi connectivity index (χ1) is 4.68. The number of hydrogen-bond acceptors (Lipinski definition) is 3. The average molecular weight is 220 g/mol. The molecular formula is C6H16Cl2N2O2. The zero-order valence-electron chi connectivity index (χ0n) is 6.73. The highest BCUT2D eigenvalue weighted by molar-refractivity contribution is 5.85. The number of carbonyl (C=O) groups is 1. The molecule has 1 unspecified atom stereocenters. The molecule has 0 radical (unpaired) electrons. The van der Waals surface area contributed by atoms with Crippen LogP contribution in [0, 0.1) is 0 Å². The van der Waals surface area contributed by atoms with Crippen LogP contribution in [0.15, 0.2) is 0 Å². The molecule has 0 rings (SSSR count). The van der Waals surface area contributed by atoms with E-state index in [1.165, 1.54) is 0 Å². The van der Waals surface area contributed by atoms with Crippen molar-refractivity contribution >= 4 is 30.8 Å². The van der Waals surface area contributed by atoms with Crippen molar-refractivity contribution in [1.29, 1.82) is 0 Å². The molecule has 0 saturated carbocycles. The minimum absolute atomic E-state index is 0. The number of unbranched alkanes of at least 4 members (excludes halogenated alkanes) is 1. The molecule has 0 spiro atoms. The average Bonchev–Trinajstić information content (AvgIpc) is 1.88. The Kier molecular flexibility index (Phi) is 16.4. The van der Waals surface area contributed by atoms with E-state index >= 15 is 0 Å². The van der Waals surface area contributed by atoms with Gasteiger partial charge >= 0.3 is 5.97 Å². The van der Waals surface area contributed by atoms with E-state index in [9.17, 15) is 4.79 Å².